The molecule has 0 spiro atoms. The highest BCUT2D eigenvalue weighted by molar-refractivity contribution is 8.01. The smallest absolute Gasteiger partial charge is 0.233 e. The Labute approximate surface area is 158 Å². The monoisotopic (exact) mass is 395 g/mol. The van der Waals surface area contributed by atoms with Crippen LogP contribution in [0.15, 0.2) is 28.6 Å². The van der Waals surface area contributed by atoms with Crippen molar-refractivity contribution >= 4 is 45.7 Å². The largest absolute Gasteiger partial charge is 0.369 e. The molecular weight excluding hydrogens is 377 g/mol. The number of nitrogens with zero attached hydrogens (tertiary/aromatic N) is 3. The fourth-order valence-corrected chi connectivity index (χ4v) is 4.28. The van der Waals surface area contributed by atoms with Crippen LogP contribution in [0.3, 0.4) is 0 Å². The molecule has 2 amide bonds. The average Bonchev–Trinajstić information content (AvgIpc) is 3.09. The summed E-state index contributed by atoms with van der Waals surface area (Å²) in [6.45, 7) is 1.11. The van der Waals surface area contributed by atoms with Gasteiger partial charge < -0.3 is 16.0 Å². The molecule has 138 valence electrons. The fraction of sp³-hybridized carbons (Fsp3) is 0.375. The van der Waals surface area contributed by atoms with E-state index in [4.69, 9.17) is 5.73 Å². The van der Waals surface area contributed by atoms with Gasteiger partial charge in [-0.05, 0) is 37.1 Å². The van der Waals surface area contributed by atoms with Crippen molar-refractivity contribution in [2.75, 3.05) is 24.2 Å². The van der Waals surface area contributed by atoms with E-state index in [0.29, 0.717) is 41.1 Å². The van der Waals surface area contributed by atoms with Gasteiger partial charge in [-0.2, -0.15) is 0 Å². The standard InChI is InChI=1S/C16H18FN5O2S2/c17-11-1-3-12(4-2-11)19-15-20-21-16(26-15)25-9-13(23)22-7-5-10(6-8-22)14(18)24/h1-4,10H,5-9H2,(H2,18,24)(H,19,20). The lowest BCUT2D eigenvalue weighted by Gasteiger charge is -2.30. The first-order chi connectivity index (χ1) is 12.5. The van der Waals surface area contributed by atoms with Crippen LogP contribution in [-0.4, -0.2) is 45.8 Å². The van der Waals surface area contributed by atoms with Gasteiger partial charge in [-0.1, -0.05) is 23.1 Å². The topological polar surface area (TPSA) is 101 Å². The van der Waals surface area contributed by atoms with Crippen LogP contribution in [-0.2, 0) is 9.59 Å². The van der Waals surface area contributed by atoms with Gasteiger partial charge in [0.2, 0.25) is 16.9 Å². The normalized spacial score (nSPS) is 15.0. The van der Waals surface area contributed by atoms with Crippen molar-refractivity contribution in [2.24, 2.45) is 11.7 Å². The summed E-state index contributed by atoms with van der Waals surface area (Å²) in [6.07, 6.45) is 1.24. The van der Waals surface area contributed by atoms with Crippen molar-refractivity contribution in [3.8, 4) is 0 Å². The van der Waals surface area contributed by atoms with Crippen LogP contribution in [0.25, 0.3) is 0 Å². The van der Waals surface area contributed by atoms with Crippen molar-refractivity contribution < 1.29 is 14.0 Å². The highest BCUT2D eigenvalue weighted by Crippen LogP contribution is 2.28. The van der Waals surface area contributed by atoms with E-state index in [1.165, 1.54) is 35.2 Å². The Morgan fingerprint density at radius 1 is 1.27 bits per heavy atom. The van der Waals surface area contributed by atoms with Crippen molar-refractivity contribution in [2.45, 2.75) is 17.2 Å². The summed E-state index contributed by atoms with van der Waals surface area (Å²) in [5, 5.41) is 11.7. The number of anilines is 2. The fourth-order valence-electron chi connectivity index (χ4n) is 2.60. The van der Waals surface area contributed by atoms with E-state index in [-0.39, 0.29) is 29.3 Å². The molecule has 2 aromatic rings. The summed E-state index contributed by atoms with van der Waals surface area (Å²) in [5.41, 5.74) is 6.02. The molecule has 1 aliphatic rings. The number of nitrogens with two attached hydrogens (primary N) is 1. The van der Waals surface area contributed by atoms with Gasteiger partial charge in [-0.25, -0.2) is 4.39 Å². The Bertz CT molecular complexity index is 775. The number of carbonyl (C=O) groups excluding carboxylic acids is 2. The summed E-state index contributed by atoms with van der Waals surface area (Å²) in [6, 6.07) is 5.95. The van der Waals surface area contributed by atoms with Crippen LogP contribution in [0.4, 0.5) is 15.2 Å². The molecule has 1 fully saturated rings. The Morgan fingerprint density at radius 2 is 1.96 bits per heavy atom. The molecule has 1 aromatic carbocycles. The second kappa shape index (κ2) is 8.45. The number of carbonyl (C=O) groups is 2. The summed E-state index contributed by atoms with van der Waals surface area (Å²) in [5.74, 6) is -0.438. The van der Waals surface area contributed by atoms with Gasteiger partial charge in [0.1, 0.15) is 5.82 Å². The molecular formula is C16H18FN5O2S2. The molecule has 3 N–H and O–H groups in total. The van der Waals surface area contributed by atoms with Crippen molar-refractivity contribution in [1.82, 2.24) is 15.1 Å². The number of aromatic nitrogens is 2. The summed E-state index contributed by atoms with van der Waals surface area (Å²) in [7, 11) is 0. The van der Waals surface area contributed by atoms with Gasteiger partial charge >= 0.3 is 0 Å². The van der Waals surface area contributed by atoms with Crippen molar-refractivity contribution in [1.29, 1.82) is 0 Å². The van der Waals surface area contributed by atoms with E-state index < -0.39 is 0 Å². The highest BCUT2D eigenvalue weighted by atomic mass is 32.2. The molecule has 7 nitrogen and oxygen atoms in total. The molecule has 3 rings (SSSR count). The third-order valence-corrected chi connectivity index (χ3v) is 6.03. The van der Waals surface area contributed by atoms with Gasteiger partial charge in [0.05, 0.1) is 5.75 Å². The Balaban J connectivity index is 1.46. The molecule has 1 saturated heterocycles. The molecule has 1 aliphatic heterocycles. The van der Waals surface area contributed by atoms with Crippen LogP contribution in [0.2, 0.25) is 0 Å². The third kappa shape index (κ3) is 4.92. The number of primary amides is 1. The first-order valence-electron chi connectivity index (χ1n) is 8.07. The summed E-state index contributed by atoms with van der Waals surface area (Å²) < 4.78 is 13.6. The van der Waals surface area contributed by atoms with E-state index in [1.807, 2.05) is 0 Å². The molecule has 1 aromatic heterocycles. The molecule has 0 atom stereocenters. The lowest BCUT2D eigenvalue weighted by molar-refractivity contribution is -0.132. The van der Waals surface area contributed by atoms with Gasteiger partial charge in [-0.15, -0.1) is 10.2 Å². The Hall–Kier alpha value is -2.20. The van der Waals surface area contributed by atoms with Crippen LogP contribution in [0, 0.1) is 11.7 Å². The molecule has 0 unspecified atom stereocenters. The Morgan fingerprint density at radius 3 is 2.62 bits per heavy atom. The number of nitrogens with one attached hydrogen (secondary N) is 1. The summed E-state index contributed by atoms with van der Waals surface area (Å²) in [4.78, 5) is 25.2. The molecule has 26 heavy (non-hydrogen) atoms. The molecule has 0 aliphatic carbocycles. The van der Waals surface area contributed by atoms with E-state index >= 15 is 0 Å². The van der Waals surface area contributed by atoms with Crippen LogP contribution in [0.1, 0.15) is 12.8 Å². The zero-order valence-electron chi connectivity index (χ0n) is 13.9. The first-order valence-corrected chi connectivity index (χ1v) is 9.87. The lowest BCUT2D eigenvalue weighted by atomic mass is 9.96. The minimum atomic E-state index is -0.303. The highest BCUT2D eigenvalue weighted by Gasteiger charge is 2.25. The van der Waals surface area contributed by atoms with E-state index in [2.05, 4.69) is 15.5 Å². The van der Waals surface area contributed by atoms with E-state index in [0.717, 1.165) is 0 Å². The number of hydrogen-bond acceptors (Lipinski definition) is 7. The SMILES string of the molecule is NC(=O)C1CCN(C(=O)CSc2nnc(Nc3ccc(F)cc3)s2)CC1. The maximum absolute atomic E-state index is 12.9. The molecule has 10 heteroatoms. The maximum Gasteiger partial charge on any atom is 0.233 e. The van der Waals surface area contributed by atoms with Gasteiger partial charge in [-0.3, -0.25) is 9.59 Å². The maximum atomic E-state index is 12.9. The molecule has 0 saturated carbocycles. The second-order valence-corrected chi connectivity index (χ2v) is 8.05. The quantitative estimate of drug-likeness (QED) is 0.728. The number of benzene rings is 1. The number of thioether (sulfide) groups is 1. The zero-order valence-corrected chi connectivity index (χ0v) is 15.5. The summed E-state index contributed by atoms with van der Waals surface area (Å²) >= 11 is 2.65. The second-order valence-electron chi connectivity index (χ2n) is 5.85. The number of piperidine rings is 1. The van der Waals surface area contributed by atoms with E-state index in [1.54, 1.807) is 17.0 Å². The third-order valence-electron chi connectivity index (χ3n) is 4.07. The predicted molar refractivity (Wildman–Crippen MR) is 98.8 cm³/mol. The van der Waals surface area contributed by atoms with Crippen LogP contribution >= 0.6 is 23.1 Å². The van der Waals surface area contributed by atoms with Gasteiger partial charge in [0.15, 0.2) is 4.34 Å². The van der Waals surface area contributed by atoms with E-state index in [9.17, 15) is 14.0 Å². The number of amides is 2. The number of likely N-dealkylation sites (tertiary alicyclic amines) is 1. The first kappa shape index (κ1) is 18.6. The average molecular weight is 395 g/mol. The van der Waals surface area contributed by atoms with Gasteiger partial charge in [0, 0.05) is 24.7 Å². The number of rotatable bonds is 6. The number of halogens is 1. The predicted octanol–water partition coefficient (Wildman–Crippen LogP) is 2.24. The minimum Gasteiger partial charge on any atom is -0.369 e. The molecule has 0 radical (unpaired) electrons. The molecule has 2 heterocycles. The number of hydrogen-bond donors (Lipinski definition) is 2. The Kier molecular flexibility index (Phi) is 6.04. The molecule has 0 bridgehead atoms. The van der Waals surface area contributed by atoms with Crippen molar-refractivity contribution in [3.05, 3.63) is 30.1 Å². The minimum absolute atomic E-state index is 0.0150. The van der Waals surface area contributed by atoms with Crippen LogP contribution in [0.5, 0.6) is 0 Å². The lowest BCUT2D eigenvalue weighted by Crippen LogP contribution is -2.42. The van der Waals surface area contributed by atoms with Crippen LogP contribution < -0.4 is 11.1 Å². The van der Waals surface area contributed by atoms with Crippen molar-refractivity contribution in [3.63, 3.8) is 0 Å². The zero-order chi connectivity index (χ0) is 18.5. The van der Waals surface area contributed by atoms with Gasteiger partial charge in [0.25, 0.3) is 0 Å².